The van der Waals surface area contributed by atoms with Gasteiger partial charge in [-0.15, -0.1) is 11.3 Å². The number of rotatable bonds is 4. The zero-order chi connectivity index (χ0) is 15.8. The lowest BCUT2D eigenvalue weighted by atomic mass is 9.78. The van der Waals surface area contributed by atoms with E-state index in [4.69, 9.17) is 14.4 Å². The van der Waals surface area contributed by atoms with Crippen molar-refractivity contribution >= 4 is 30.5 Å². The molecule has 0 unspecified atom stereocenters. The molecule has 1 aromatic rings. The molecule has 0 spiro atoms. The van der Waals surface area contributed by atoms with Crippen LogP contribution in [0.4, 0.5) is 0 Å². The summed E-state index contributed by atoms with van der Waals surface area (Å²) in [6.45, 7) is 7.55. The first-order chi connectivity index (χ1) is 9.66. The maximum atomic E-state index is 10.9. The lowest BCUT2D eigenvalue weighted by molar-refractivity contribution is 0.00578. The molecule has 7 heteroatoms. The fourth-order valence-electron chi connectivity index (χ4n) is 1.91. The normalized spacial score (nSPS) is 20.8. The highest BCUT2D eigenvalue weighted by Gasteiger charge is 2.52. The van der Waals surface area contributed by atoms with E-state index in [9.17, 15) is 9.90 Å². The average molecular weight is 310 g/mol. The van der Waals surface area contributed by atoms with Crippen molar-refractivity contribution in [1.82, 2.24) is 0 Å². The van der Waals surface area contributed by atoms with Gasteiger partial charge in [0, 0.05) is 4.88 Å². The molecule has 0 saturated carbocycles. The standard InChI is InChI=1S/C14H19BO5S/c1-13(2)14(3,4)20-15(19-13)9(8-16)7-10-5-6-11(21-10)12(17)18/h5-7,16H,8H2,1-4H3,(H,17,18). The summed E-state index contributed by atoms with van der Waals surface area (Å²) in [4.78, 5) is 11.9. The number of hydrogen-bond acceptors (Lipinski definition) is 5. The topological polar surface area (TPSA) is 76.0 Å². The summed E-state index contributed by atoms with van der Waals surface area (Å²) in [6.07, 6.45) is 1.72. The van der Waals surface area contributed by atoms with E-state index in [-0.39, 0.29) is 11.5 Å². The van der Waals surface area contributed by atoms with Crippen LogP contribution in [0.5, 0.6) is 0 Å². The molecule has 0 bridgehead atoms. The SMILES string of the molecule is CC1(C)OB(C(=Cc2ccc(C(=O)O)s2)CO)OC1(C)C. The lowest BCUT2D eigenvalue weighted by Crippen LogP contribution is -2.41. The number of carboxylic acid groups (broad SMARTS) is 1. The third-order valence-corrected chi connectivity index (χ3v) is 4.92. The molecule has 2 rings (SSSR count). The van der Waals surface area contributed by atoms with Gasteiger partial charge in [-0.2, -0.15) is 0 Å². The third-order valence-electron chi connectivity index (χ3n) is 3.90. The first kappa shape index (κ1) is 16.2. The monoisotopic (exact) mass is 310 g/mol. The predicted octanol–water partition coefficient (Wildman–Crippen LogP) is 2.45. The first-order valence-corrected chi connectivity index (χ1v) is 7.48. The van der Waals surface area contributed by atoms with Crippen molar-refractivity contribution in [2.75, 3.05) is 6.61 Å². The van der Waals surface area contributed by atoms with E-state index in [1.165, 1.54) is 6.07 Å². The minimum Gasteiger partial charge on any atom is -0.477 e. The van der Waals surface area contributed by atoms with Gasteiger partial charge in [-0.25, -0.2) is 4.79 Å². The van der Waals surface area contributed by atoms with Crippen molar-refractivity contribution < 1.29 is 24.3 Å². The second-order valence-electron chi connectivity index (χ2n) is 5.97. The Labute approximate surface area is 128 Å². The Morgan fingerprint density at radius 1 is 1.29 bits per heavy atom. The van der Waals surface area contributed by atoms with Gasteiger partial charge < -0.3 is 19.5 Å². The van der Waals surface area contributed by atoms with E-state index >= 15 is 0 Å². The summed E-state index contributed by atoms with van der Waals surface area (Å²) < 4.78 is 11.8. The van der Waals surface area contributed by atoms with Crippen molar-refractivity contribution in [3.8, 4) is 0 Å². The maximum Gasteiger partial charge on any atom is 0.492 e. The Bertz CT molecular complexity index is 560. The van der Waals surface area contributed by atoms with Gasteiger partial charge in [0.25, 0.3) is 0 Å². The fraction of sp³-hybridized carbons (Fsp3) is 0.500. The van der Waals surface area contributed by atoms with Crippen LogP contribution in [0.25, 0.3) is 6.08 Å². The van der Waals surface area contributed by atoms with Gasteiger partial charge >= 0.3 is 13.1 Å². The molecule has 2 heterocycles. The van der Waals surface area contributed by atoms with Crippen molar-refractivity contribution in [3.63, 3.8) is 0 Å². The van der Waals surface area contributed by atoms with E-state index in [2.05, 4.69) is 0 Å². The summed E-state index contributed by atoms with van der Waals surface area (Å²) in [7, 11) is -0.629. The van der Waals surface area contributed by atoms with Crippen molar-refractivity contribution in [2.45, 2.75) is 38.9 Å². The molecule has 1 fully saturated rings. The van der Waals surface area contributed by atoms with Gasteiger partial charge in [0.15, 0.2) is 0 Å². The van der Waals surface area contributed by atoms with Crippen LogP contribution >= 0.6 is 11.3 Å². The number of aliphatic hydroxyl groups excluding tert-OH is 1. The zero-order valence-corrected chi connectivity index (χ0v) is 13.4. The van der Waals surface area contributed by atoms with Crippen LogP contribution in [-0.4, -0.2) is 41.1 Å². The molecule has 21 heavy (non-hydrogen) atoms. The molecule has 1 aliphatic heterocycles. The van der Waals surface area contributed by atoms with E-state index in [1.54, 1.807) is 12.1 Å². The van der Waals surface area contributed by atoms with E-state index < -0.39 is 24.3 Å². The summed E-state index contributed by atoms with van der Waals surface area (Å²) in [6, 6.07) is 3.24. The molecule has 0 aromatic carbocycles. The molecule has 1 aromatic heterocycles. The van der Waals surface area contributed by atoms with Crippen LogP contribution in [0.1, 0.15) is 42.2 Å². The van der Waals surface area contributed by atoms with Crippen molar-refractivity contribution in [1.29, 1.82) is 0 Å². The number of thiophene rings is 1. The smallest absolute Gasteiger partial charge is 0.477 e. The van der Waals surface area contributed by atoms with Gasteiger partial charge in [-0.3, -0.25) is 0 Å². The minimum absolute atomic E-state index is 0.211. The predicted molar refractivity (Wildman–Crippen MR) is 82.4 cm³/mol. The number of aliphatic hydroxyl groups is 1. The second kappa shape index (κ2) is 5.57. The van der Waals surface area contributed by atoms with Crippen molar-refractivity contribution in [2.24, 2.45) is 0 Å². The largest absolute Gasteiger partial charge is 0.492 e. The number of hydrogen-bond donors (Lipinski definition) is 2. The molecule has 0 aliphatic carbocycles. The summed E-state index contributed by atoms with van der Waals surface area (Å²) in [5, 5.41) is 18.5. The average Bonchev–Trinajstić information content (AvgIpc) is 2.90. The maximum absolute atomic E-state index is 10.9. The number of aromatic carboxylic acids is 1. The molecule has 1 aliphatic rings. The molecular weight excluding hydrogens is 291 g/mol. The zero-order valence-electron chi connectivity index (χ0n) is 12.5. The molecule has 0 atom stereocenters. The van der Waals surface area contributed by atoms with Crippen LogP contribution in [0.3, 0.4) is 0 Å². The molecule has 5 nitrogen and oxygen atoms in total. The fourth-order valence-corrected chi connectivity index (χ4v) is 2.73. The van der Waals surface area contributed by atoms with Crippen LogP contribution < -0.4 is 0 Å². The summed E-state index contributed by atoms with van der Waals surface area (Å²) in [5.74, 6) is -0.958. The minimum atomic E-state index is -0.958. The van der Waals surface area contributed by atoms with Gasteiger partial charge in [-0.05, 0) is 51.4 Å². The number of carboxylic acids is 1. The van der Waals surface area contributed by atoms with Crippen LogP contribution in [0.2, 0.25) is 0 Å². The van der Waals surface area contributed by atoms with E-state index in [0.29, 0.717) is 5.47 Å². The van der Waals surface area contributed by atoms with E-state index in [1.807, 2.05) is 27.7 Å². The van der Waals surface area contributed by atoms with Gasteiger partial charge in [0.2, 0.25) is 0 Å². The Kier molecular flexibility index (Phi) is 4.30. The summed E-state index contributed by atoms with van der Waals surface area (Å²) >= 11 is 1.15. The first-order valence-electron chi connectivity index (χ1n) is 6.66. The Hall–Kier alpha value is -1.15. The lowest BCUT2D eigenvalue weighted by Gasteiger charge is -2.32. The molecule has 2 N–H and O–H groups in total. The Balaban J connectivity index is 2.24. The third kappa shape index (κ3) is 3.21. The molecule has 0 amide bonds. The number of carbonyl (C=O) groups is 1. The second-order valence-corrected chi connectivity index (χ2v) is 7.09. The molecular formula is C14H19BO5S. The Morgan fingerprint density at radius 3 is 2.29 bits per heavy atom. The highest BCUT2D eigenvalue weighted by atomic mass is 32.1. The summed E-state index contributed by atoms with van der Waals surface area (Å²) in [5.41, 5.74) is -0.381. The molecule has 0 radical (unpaired) electrons. The highest BCUT2D eigenvalue weighted by Crippen LogP contribution is 2.38. The van der Waals surface area contributed by atoms with Crippen LogP contribution in [0.15, 0.2) is 17.6 Å². The van der Waals surface area contributed by atoms with Gasteiger partial charge in [0.1, 0.15) is 4.88 Å². The molecule has 1 saturated heterocycles. The van der Waals surface area contributed by atoms with Gasteiger partial charge in [-0.1, -0.05) is 0 Å². The van der Waals surface area contributed by atoms with Crippen LogP contribution in [0, 0.1) is 0 Å². The Morgan fingerprint density at radius 2 is 1.86 bits per heavy atom. The van der Waals surface area contributed by atoms with Crippen LogP contribution in [-0.2, 0) is 9.31 Å². The van der Waals surface area contributed by atoms with Crippen molar-refractivity contribution in [3.05, 3.63) is 27.4 Å². The quantitative estimate of drug-likeness (QED) is 0.836. The van der Waals surface area contributed by atoms with E-state index in [0.717, 1.165) is 16.2 Å². The van der Waals surface area contributed by atoms with Gasteiger partial charge in [0.05, 0.1) is 17.8 Å². The molecule has 114 valence electrons. The highest BCUT2D eigenvalue weighted by molar-refractivity contribution is 7.14.